The van der Waals surface area contributed by atoms with Crippen LogP contribution in [0, 0.1) is 10.1 Å². The Morgan fingerprint density at radius 1 is 1.03 bits per heavy atom. The fourth-order valence-electron chi connectivity index (χ4n) is 4.10. The lowest BCUT2D eigenvalue weighted by molar-refractivity contribution is -0.383. The normalized spacial score (nSPS) is 14.7. The first kappa shape index (κ1) is 21.6. The Bertz CT molecular complexity index is 1180. The van der Waals surface area contributed by atoms with E-state index in [-0.39, 0.29) is 18.3 Å². The fourth-order valence-corrected chi connectivity index (χ4v) is 4.10. The fraction of sp³-hybridized carbons (Fsp3) is 0.304. The molecular weight excluding hydrogens is 440 g/mol. The molecule has 0 radical (unpaired) electrons. The van der Waals surface area contributed by atoms with E-state index in [1.807, 2.05) is 47.4 Å². The molecule has 11 nitrogen and oxygen atoms in total. The Kier molecular flexibility index (Phi) is 5.90. The molecule has 5 rings (SSSR count). The van der Waals surface area contributed by atoms with Crippen LogP contribution in [0.2, 0.25) is 0 Å². The maximum absolute atomic E-state index is 12.0. The highest BCUT2D eigenvalue weighted by atomic mass is 16.7. The van der Waals surface area contributed by atoms with E-state index >= 15 is 0 Å². The third kappa shape index (κ3) is 4.32. The molecule has 1 fully saturated rings. The van der Waals surface area contributed by atoms with Gasteiger partial charge in [-0.1, -0.05) is 6.07 Å². The minimum atomic E-state index is -0.423. The van der Waals surface area contributed by atoms with Crippen LogP contribution in [0.15, 0.2) is 48.8 Å². The predicted molar refractivity (Wildman–Crippen MR) is 126 cm³/mol. The first-order chi connectivity index (χ1) is 16.6. The summed E-state index contributed by atoms with van der Waals surface area (Å²) in [7, 11) is 1.64. The Hall–Kier alpha value is -4.28. The summed E-state index contributed by atoms with van der Waals surface area (Å²) in [4.78, 5) is 24.2. The standard InChI is InChI=1S/C23H24N6O5/c1-32-18-5-3-17(4-6-18)27-8-10-28(11-9-27)23-21(29(30)31)22(25-14-26-23)24-13-16-2-7-19-20(12-16)34-15-33-19/h2-7,12,14H,8-11,13,15H2,1H3,(H,24,25,26). The van der Waals surface area contributed by atoms with Crippen molar-refractivity contribution in [3.63, 3.8) is 0 Å². The molecule has 2 aromatic carbocycles. The van der Waals surface area contributed by atoms with Crippen molar-refractivity contribution in [3.05, 3.63) is 64.5 Å². The largest absolute Gasteiger partial charge is 0.497 e. The molecule has 176 valence electrons. The van der Waals surface area contributed by atoms with E-state index in [4.69, 9.17) is 14.2 Å². The van der Waals surface area contributed by atoms with E-state index in [0.29, 0.717) is 50.0 Å². The highest BCUT2D eigenvalue weighted by Crippen LogP contribution is 2.35. The number of anilines is 3. The van der Waals surface area contributed by atoms with Crippen LogP contribution in [-0.4, -0.2) is 55.0 Å². The zero-order valence-corrected chi connectivity index (χ0v) is 18.6. The Balaban J connectivity index is 1.29. The smallest absolute Gasteiger partial charge is 0.353 e. The van der Waals surface area contributed by atoms with Crippen LogP contribution in [0.25, 0.3) is 0 Å². The molecule has 3 aromatic rings. The van der Waals surface area contributed by atoms with E-state index in [2.05, 4.69) is 20.2 Å². The summed E-state index contributed by atoms with van der Waals surface area (Å²) in [5.74, 6) is 2.66. The van der Waals surface area contributed by atoms with Gasteiger partial charge in [0.1, 0.15) is 12.1 Å². The van der Waals surface area contributed by atoms with Gasteiger partial charge in [-0.15, -0.1) is 0 Å². The lowest BCUT2D eigenvalue weighted by Crippen LogP contribution is -2.47. The van der Waals surface area contributed by atoms with Crippen molar-refractivity contribution < 1.29 is 19.1 Å². The lowest BCUT2D eigenvalue weighted by atomic mass is 10.2. The monoisotopic (exact) mass is 464 g/mol. The average Bonchev–Trinajstić information content (AvgIpc) is 3.35. The van der Waals surface area contributed by atoms with Crippen LogP contribution in [0.5, 0.6) is 17.2 Å². The second-order valence-corrected chi connectivity index (χ2v) is 7.86. The summed E-state index contributed by atoms with van der Waals surface area (Å²) in [5.41, 5.74) is 1.86. The minimum absolute atomic E-state index is 0.124. The molecule has 11 heteroatoms. The number of benzene rings is 2. The molecule has 3 heterocycles. The number of fused-ring (bicyclic) bond motifs is 1. The minimum Gasteiger partial charge on any atom is -0.497 e. The van der Waals surface area contributed by atoms with Crippen molar-refractivity contribution in [3.8, 4) is 17.2 Å². The lowest BCUT2D eigenvalue weighted by Gasteiger charge is -2.36. The molecule has 34 heavy (non-hydrogen) atoms. The number of aromatic nitrogens is 2. The molecule has 1 aromatic heterocycles. The first-order valence-electron chi connectivity index (χ1n) is 10.9. The van der Waals surface area contributed by atoms with Gasteiger partial charge in [0.15, 0.2) is 11.5 Å². The van der Waals surface area contributed by atoms with Crippen molar-refractivity contribution in [1.29, 1.82) is 0 Å². The van der Waals surface area contributed by atoms with E-state index in [1.165, 1.54) is 6.33 Å². The van der Waals surface area contributed by atoms with Gasteiger partial charge in [-0.2, -0.15) is 0 Å². The maximum Gasteiger partial charge on any atom is 0.353 e. The molecular formula is C23H24N6O5. The second kappa shape index (κ2) is 9.30. The maximum atomic E-state index is 12.0. The van der Waals surface area contributed by atoms with E-state index in [0.717, 1.165) is 17.0 Å². The van der Waals surface area contributed by atoms with Gasteiger partial charge in [0.25, 0.3) is 0 Å². The Morgan fingerprint density at radius 2 is 1.76 bits per heavy atom. The topological polar surface area (TPSA) is 115 Å². The van der Waals surface area contributed by atoms with Crippen LogP contribution in [-0.2, 0) is 6.54 Å². The number of rotatable bonds is 7. The van der Waals surface area contributed by atoms with Gasteiger partial charge >= 0.3 is 5.69 Å². The Labute approximate surface area is 196 Å². The number of nitrogens with one attached hydrogen (secondary N) is 1. The predicted octanol–water partition coefficient (Wildman–Crippen LogP) is 3.06. The van der Waals surface area contributed by atoms with Crippen molar-refractivity contribution in [2.24, 2.45) is 0 Å². The van der Waals surface area contributed by atoms with Crippen molar-refractivity contribution in [1.82, 2.24) is 9.97 Å². The number of nitrogens with zero attached hydrogens (tertiary/aromatic N) is 5. The number of methoxy groups -OCH3 is 1. The second-order valence-electron chi connectivity index (χ2n) is 7.86. The summed E-state index contributed by atoms with van der Waals surface area (Å²) in [6.45, 7) is 3.18. The zero-order valence-electron chi connectivity index (χ0n) is 18.6. The van der Waals surface area contributed by atoms with Crippen LogP contribution >= 0.6 is 0 Å². The molecule has 0 amide bonds. The molecule has 0 saturated carbocycles. The summed E-state index contributed by atoms with van der Waals surface area (Å²) in [6, 6.07) is 13.4. The SMILES string of the molecule is COc1ccc(N2CCN(c3ncnc(NCc4ccc5c(c4)OCO5)c3[N+](=O)[O-])CC2)cc1. The van der Waals surface area contributed by atoms with Crippen LogP contribution in [0.1, 0.15) is 5.56 Å². The molecule has 2 aliphatic rings. The number of hydrogen-bond acceptors (Lipinski definition) is 10. The summed E-state index contributed by atoms with van der Waals surface area (Å²) < 4.78 is 16.0. The van der Waals surface area contributed by atoms with E-state index in [1.54, 1.807) is 7.11 Å². The van der Waals surface area contributed by atoms with Gasteiger partial charge in [-0.05, 0) is 42.0 Å². The van der Waals surface area contributed by atoms with Crippen LogP contribution in [0.3, 0.4) is 0 Å². The zero-order chi connectivity index (χ0) is 23.5. The number of hydrogen-bond donors (Lipinski definition) is 1. The van der Waals surface area contributed by atoms with E-state index < -0.39 is 4.92 Å². The highest BCUT2D eigenvalue weighted by Gasteiger charge is 2.29. The third-order valence-corrected chi connectivity index (χ3v) is 5.90. The van der Waals surface area contributed by atoms with Gasteiger partial charge in [0.05, 0.1) is 12.0 Å². The van der Waals surface area contributed by atoms with Crippen LogP contribution in [0.4, 0.5) is 23.0 Å². The summed E-state index contributed by atoms with van der Waals surface area (Å²) in [5, 5.41) is 15.1. The van der Waals surface area contributed by atoms with E-state index in [9.17, 15) is 10.1 Å². The molecule has 0 atom stereocenters. The quantitative estimate of drug-likeness (QED) is 0.413. The van der Waals surface area contributed by atoms with Gasteiger partial charge < -0.3 is 29.3 Å². The molecule has 0 spiro atoms. The molecule has 1 saturated heterocycles. The van der Waals surface area contributed by atoms with Crippen molar-refractivity contribution in [2.45, 2.75) is 6.54 Å². The summed E-state index contributed by atoms with van der Waals surface area (Å²) in [6.07, 6.45) is 1.36. The molecule has 2 aliphatic heterocycles. The van der Waals surface area contributed by atoms with Gasteiger partial charge in [0.2, 0.25) is 18.4 Å². The third-order valence-electron chi connectivity index (χ3n) is 5.90. The van der Waals surface area contributed by atoms with Crippen LogP contribution < -0.4 is 29.3 Å². The molecule has 0 unspecified atom stereocenters. The van der Waals surface area contributed by atoms with Gasteiger partial charge in [0, 0.05) is 38.4 Å². The summed E-state index contributed by atoms with van der Waals surface area (Å²) >= 11 is 0. The Morgan fingerprint density at radius 3 is 2.50 bits per heavy atom. The first-order valence-corrected chi connectivity index (χ1v) is 10.9. The van der Waals surface area contributed by atoms with Gasteiger partial charge in [-0.25, -0.2) is 9.97 Å². The molecule has 0 aliphatic carbocycles. The number of nitro groups is 1. The number of piperazine rings is 1. The van der Waals surface area contributed by atoms with Crippen molar-refractivity contribution >= 4 is 23.0 Å². The molecule has 1 N–H and O–H groups in total. The number of ether oxygens (including phenoxy) is 3. The van der Waals surface area contributed by atoms with Gasteiger partial charge in [-0.3, -0.25) is 10.1 Å². The highest BCUT2D eigenvalue weighted by molar-refractivity contribution is 5.71. The molecule has 0 bridgehead atoms. The van der Waals surface area contributed by atoms with Crippen molar-refractivity contribution in [2.75, 3.05) is 55.2 Å². The average molecular weight is 464 g/mol.